The van der Waals surface area contributed by atoms with Gasteiger partial charge in [0.1, 0.15) is 6.33 Å². The van der Waals surface area contributed by atoms with E-state index >= 15 is 0 Å². The van der Waals surface area contributed by atoms with Gasteiger partial charge in [0.2, 0.25) is 0 Å². The second-order valence-electron chi connectivity index (χ2n) is 4.08. The molecule has 90 valence electrons. The van der Waals surface area contributed by atoms with E-state index in [1.165, 1.54) is 0 Å². The zero-order valence-corrected chi connectivity index (χ0v) is 10.4. The SMILES string of the molecule is NCc1ccc(-n2cnc3ccccc32)cc1Cl. The van der Waals surface area contributed by atoms with Crippen molar-refractivity contribution in [2.24, 2.45) is 5.73 Å². The van der Waals surface area contributed by atoms with Crippen LogP contribution in [0.4, 0.5) is 0 Å². The van der Waals surface area contributed by atoms with Gasteiger partial charge in [-0.2, -0.15) is 0 Å². The maximum absolute atomic E-state index is 6.18. The molecule has 4 heteroatoms. The summed E-state index contributed by atoms with van der Waals surface area (Å²) in [5, 5.41) is 0.688. The minimum absolute atomic E-state index is 0.448. The molecule has 0 unspecified atom stereocenters. The number of halogens is 1. The second kappa shape index (κ2) is 4.44. The quantitative estimate of drug-likeness (QED) is 0.767. The molecule has 0 fully saturated rings. The molecule has 0 aliphatic rings. The molecule has 3 nitrogen and oxygen atoms in total. The normalized spacial score (nSPS) is 11.0. The van der Waals surface area contributed by atoms with Crippen molar-refractivity contribution in [3.63, 3.8) is 0 Å². The molecule has 0 aliphatic carbocycles. The van der Waals surface area contributed by atoms with E-state index in [-0.39, 0.29) is 0 Å². The van der Waals surface area contributed by atoms with Crippen molar-refractivity contribution >= 4 is 22.6 Å². The van der Waals surface area contributed by atoms with Crippen LogP contribution in [0.25, 0.3) is 16.7 Å². The summed E-state index contributed by atoms with van der Waals surface area (Å²) in [6, 6.07) is 13.9. The Hall–Kier alpha value is -1.84. The predicted molar refractivity (Wildman–Crippen MR) is 74.0 cm³/mol. The van der Waals surface area contributed by atoms with E-state index in [1.807, 2.05) is 47.0 Å². The highest BCUT2D eigenvalue weighted by atomic mass is 35.5. The highest BCUT2D eigenvalue weighted by molar-refractivity contribution is 6.31. The van der Waals surface area contributed by atoms with Crippen LogP contribution in [0, 0.1) is 0 Å². The van der Waals surface area contributed by atoms with Gasteiger partial charge in [-0.3, -0.25) is 4.57 Å². The molecule has 18 heavy (non-hydrogen) atoms. The maximum atomic E-state index is 6.18. The average Bonchev–Trinajstić information content (AvgIpc) is 2.82. The van der Waals surface area contributed by atoms with Crippen LogP contribution in [0.15, 0.2) is 48.8 Å². The molecule has 0 saturated heterocycles. The molecule has 0 saturated carbocycles. The monoisotopic (exact) mass is 257 g/mol. The lowest BCUT2D eigenvalue weighted by molar-refractivity contribution is 1.05. The van der Waals surface area contributed by atoms with Gasteiger partial charge in [-0.25, -0.2) is 4.98 Å². The third kappa shape index (κ3) is 1.78. The summed E-state index contributed by atoms with van der Waals surface area (Å²) in [7, 11) is 0. The smallest absolute Gasteiger partial charge is 0.100 e. The fraction of sp³-hybridized carbons (Fsp3) is 0.0714. The van der Waals surface area contributed by atoms with Gasteiger partial charge in [0, 0.05) is 17.3 Å². The van der Waals surface area contributed by atoms with Gasteiger partial charge < -0.3 is 5.73 Å². The number of para-hydroxylation sites is 2. The number of rotatable bonds is 2. The van der Waals surface area contributed by atoms with Crippen LogP contribution in [0.2, 0.25) is 5.02 Å². The first kappa shape index (κ1) is 11.3. The Labute approximate surface area is 110 Å². The zero-order valence-electron chi connectivity index (χ0n) is 9.68. The molecule has 0 spiro atoms. The van der Waals surface area contributed by atoms with Gasteiger partial charge >= 0.3 is 0 Å². The van der Waals surface area contributed by atoms with E-state index in [4.69, 9.17) is 17.3 Å². The number of hydrogen-bond acceptors (Lipinski definition) is 2. The van der Waals surface area contributed by atoms with Crippen LogP contribution in [0.5, 0.6) is 0 Å². The molecule has 0 aliphatic heterocycles. The average molecular weight is 258 g/mol. The lowest BCUT2D eigenvalue weighted by Crippen LogP contribution is -1.99. The summed E-state index contributed by atoms with van der Waals surface area (Å²) < 4.78 is 2.02. The number of fused-ring (bicyclic) bond motifs is 1. The van der Waals surface area contributed by atoms with E-state index < -0.39 is 0 Å². The third-order valence-corrected chi connectivity index (χ3v) is 3.34. The van der Waals surface area contributed by atoms with E-state index in [2.05, 4.69) is 4.98 Å². The van der Waals surface area contributed by atoms with Crippen molar-refractivity contribution in [2.45, 2.75) is 6.54 Å². The Bertz CT molecular complexity index is 703. The Morgan fingerprint density at radius 3 is 2.78 bits per heavy atom. The molecule has 1 heterocycles. The molecule has 1 aromatic heterocycles. The first-order chi connectivity index (χ1) is 8.79. The number of aromatic nitrogens is 2. The van der Waals surface area contributed by atoms with E-state index in [0.29, 0.717) is 11.6 Å². The number of benzene rings is 2. The summed E-state index contributed by atoms with van der Waals surface area (Å²) in [5.74, 6) is 0. The van der Waals surface area contributed by atoms with Crippen molar-refractivity contribution in [2.75, 3.05) is 0 Å². The molecule has 0 atom stereocenters. The topological polar surface area (TPSA) is 43.8 Å². The van der Waals surface area contributed by atoms with Gasteiger partial charge in [-0.15, -0.1) is 0 Å². The van der Waals surface area contributed by atoms with Crippen LogP contribution in [-0.4, -0.2) is 9.55 Å². The molecular weight excluding hydrogens is 246 g/mol. The maximum Gasteiger partial charge on any atom is 0.100 e. The Morgan fingerprint density at radius 1 is 1.17 bits per heavy atom. The molecule has 0 amide bonds. The summed E-state index contributed by atoms with van der Waals surface area (Å²) in [6.07, 6.45) is 1.80. The van der Waals surface area contributed by atoms with E-state index in [9.17, 15) is 0 Å². The second-order valence-corrected chi connectivity index (χ2v) is 4.49. The first-order valence-corrected chi connectivity index (χ1v) is 6.08. The van der Waals surface area contributed by atoms with Crippen molar-refractivity contribution in [1.29, 1.82) is 0 Å². The van der Waals surface area contributed by atoms with Gasteiger partial charge in [-0.05, 0) is 29.8 Å². The van der Waals surface area contributed by atoms with Gasteiger partial charge in [0.05, 0.1) is 11.0 Å². The fourth-order valence-electron chi connectivity index (χ4n) is 2.02. The highest BCUT2D eigenvalue weighted by Gasteiger charge is 2.06. The molecule has 3 aromatic rings. The Kier molecular flexibility index (Phi) is 2.78. The van der Waals surface area contributed by atoms with Crippen LogP contribution in [-0.2, 0) is 6.54 Å². The molecular formula is C14H12ClN3. The van der Waals surface area contributed by atoms with Crippen LogP contribution < -0.4 is 5.73 Å². The van der Waals surface area contributed by atoms with Crippen LogP contribution in [0.1, 0.15) is 5.56 Å². The zero-order chi connectivity index (χ0) is 12.5. The van der Waals surface area contributed by atoms with Crippen LogP contribution >= 0.6 is 11.6 Å². The fourth-order valence-corrected chi connectivity index (χ4v) is 2.27. The minimum atomic E-state index is 0.448. The third-order valence-electron chi connectivity index (χ3n) is 2.99. The minimum Gasteiger partial charge on any atom is -0.326 e. The predicted octanol–water partition coefficient (Wildman–Crippen LogP) is 3.14. The summed E-state index contributed by atoms with van der Waals surface area (Å²) in [5.41, 5.74) is 9.58. The Balaban J connectivity index is 2.17. The molecule has 0 bridgehead atoms. The standard InChI is InChI=1S/C14H12ClN3/c15-12-7-11(6-5-10(12)8-16)18-9-17-13-3-1-2-4-14(13)18/h1-7,9H,8,16H2. The van der Waals surface area contributed by atoms with E-state index in [0.717, 1.165) is 22.3 Å². The van der Waals surface area contributed by atoms with E-state index in [1.54, 1.807) is 6.33 Å². The molecule has 0 radical (unpaired) electrons. The molecule has 3 rings (SSSR count). The van der Waals surface area contributed by atoms with Crippen LogP contribution in [0.3, 0.4) is 0 Å². The number of nitrogens with two attached hydrogens (primary N) is 1. The number of nitrogens with zero attached hydrogens (tertiary/aromatic N) is 2. The summed E-state index contributed by atoms with van der Waals surface area (Å²) in [6.45, 7) is 0.448. The number of imidazole rings is 1. The van der Waals surface area contributed by atoms with Gasteiger partial charge in [-0.1, -0.05) is 29.8 Å². The summed E-state index contributed by atoms with van der Waals surface area (Å²) in [4.78, 5) is 4.36. The lowest BCUT2D eigenvalue weighted by Gasteiger charge is -2.07. The number of hydrogen-bond donors (Lipinski definition) is 1. The largest absolute Gasteiger partial charge is 0.326 e. The summed E-state index contributed by atoms with van der Waals surface area (Å²) >= 11 is 6.18. The van der Waals surface area contributed by atoms with Crippen molar-refractivity contribution < 1.29 is 0 Å². The van der Waals surface area contributed by atoms with Crippen molar-refractivity contribution in [1.82, 2.24) is 9.55 Å². The van der Waals surface area contributed by atoms with Crippen molar-refractivity contribution in [3.8, 4) is 5.69 Å². The molecule has 2 N–H and O–H groups in total. The first-order valence-electron chi connectivity index (χ1n) is 5.70. The molecule has 2 aromatic carbocycles. The van der Waals surface area contributed by atoms with Crippen molar-refractivity contribution in [3.05, 3.63) is 59.4 Å². The highest BCUT2D eigenvalue weighted by Crippen LogP contribution is 2.23. The Morgan fingerprint density at radius 2 is 2.00 bits per heavy atom. The lowest BCUT2D eigenvalue weighted by atomic mass is 10.2. The van der Waals surface area contributed by atoms with Gasteiger partial charge in [0.25, 0.3) is 0 Å². The van der Waals surface area contributed by atoms with Gasteiger partial charge in [0.15, 0.2) is 0 Å².